The molecular formula is C40H50N4O10. The number of carbonyl (C=O) groups is 1. The molecule has 290 valence electrons. The van der Waals surface area contributed by atoms with E-state index in [2.05, 4.69) is 45.0 Å². The quantitative estimate of drug-likeness (QED) is 0.111. The highest BCUT2D eigenvalue weighted by atomic mass is 16.5. The molecule has 0 atom stereocenters. The number of pyridine rings is 2. The maximum Gasteiger partial charge on any atom is 0.328 e. The van der Waals surface area contributed by atoms with Crippen molar-refractivity contribution in [1.82, 2.24) is 19.8 Å². The van der Waals surface area contributed by atoms with E-state index in [1.807, 2.05) is 42.9 Å². The maximum absolute atomic E-state index is 9.59. The van der Waals surface area contributed by atoms with Crippen LogP contribution in [0.2, 0.25) is 0 Å². The van der Waals surface area contributed by atoms with Gasteiger partial charge in [0, 0.05) is 54.9 Å². The first-order valence-corrected chi connectivity index (χ1v) is 17.2. The van der Waals surface area contributed by atoms with Crippen molar-refractivity contribution in [3.8, 4) is 56.9 Å². The molecule has 0 spiro atoms. The zero-order valence-electron chi connectivity index (χ0n) is 31.8. The number of hydrogen-bond donors (Lipinski definition) is 3. The molecule has 14 heteroatoms. The first-order valence-electron chi connectivity index (χ1n) is 17.2. The van der Waals surface area contributed by atoms with Crippen molar-refractivity contribution in [2.45, 2.75) is 38.3 Å². The number of benzene rings is 2. The third-order valence-electron chi connectivity index (χ3n) is 9.01. The summed E-state index contributed by atoms with van der Waals surface area (Å²) in [4.78, 5) is 23.8. The number of piperidine rings is 1. The lowest BCUT2D eigenvalue weighted by molar-refractivity contribution is -0.131. The third-order valence-corrected chi connectivity index (χ3v) is 9.01. The summed E-state index contributed by atoms with van der Waals surface area (Å²) < 4.78 is 33.2. The molecule has 1 aliphatic rings. The summed E-state index contributed by atoms with van der Waals surface area (Å²) in [6.45, 7) is 3.75. The number of aliphatic carboxylic acids is 1. The molecule has 0 unspecified atom stereocenters. The number of carboxylic acids is 1. The fourth-order valence-electron chi connectivity index (χ4n) is 6.30. The van der Waals surface area contributed by atoms with Gasteiger partial charge < -0.3 is 43.7 Å². The van der Waals surface area contributed by atoms with Gasteiger partial charge in [0.1, 0.15) is 0 Å². The summed E-state index contributed by atoms with van der Waals surface area (Å²) in [5.41, 5.74) is 6.13. The molecule has 0 aliphatic carbocycles. The normalized spacial score (nSPS) is 13.4. The van der Waals surface area contributed by atoms with Crippen LogP contribution in [-0.4, -0.2) is 116 Å². The van der Waals surface area contributed by atoms with Crippen LogP contribution in [0, 0.1) is 0 Å². The van der Waals surface area contributed by atoms with Crippen LogP contribution < -0.4 is 28.4 Å². The molecule has 0 bridgehead atoms. The Labute approximate surface area is 316 Å². The van der Waals surface area contributed by atoms with E-state index in [-0.39, 0.29) is 0 Å². The van der Waals surface area contributed by atoms with Crippen molar-refractivity contribution in [3.05, 3.63) is 84.3 Å². The van der Waals surface area contributed by atoms with Gasteiger partial charge in [0.2, 0.25) is 11.5 Å². The predicted molar refractivity (Wildman–Crippen MR) is 203 cm³/mol. The van der Waals surface area contributed by atoms with Crippen molar-refractivity contribution in [1.29, 1.82) is 0 Å². The number of hydrogen-bond acceptors (Lipinski definition) is 13. The predicted octanol–water partition coefficient (Wildman–Crippen LogP) is 4.90. The van der Waals surface area contributed by atoms with Crippen molar-refractivity contribution >= 4 is 5.97 Å². The van der Waals surface area contributed by atoms with Crippen LogP contribution in [0.15, 0.2) is 73.2 Å². The molecule has 0 amide bonds. The van der Waals surface area contributed by atoms with Crippen molar-refractivity contribution in [3.63, 3.8) is 0 Å². The van der Waals surface area contributed by atoms with Crippen LogP contribution in [0.3, 0.4) is 0 Å². The number of methoxy groups -OCH3 is 6. The van der Waals surface area contributed by atoms with Gasteiger partial charge in [-0.25, -0.2) is 4.79 Å². The highest BCUT2D eigenvalue weighted by Gasteiger charge is 2.23. The molecule has 14 nitrogen and oxygen atoms in total. The summed E-state index contributed by atoms with van der Waals surface area (Å²) in [7, 11) is 11.9. The van der Waals surface area contributed by atoms with Crippen molar-refractivity contribution in [2.75, 3.05) is 62.8 Å². The number of rotatable bonds is 15. The molecule has 1 saturated heterocycles. The molecule has 2 aromatic heterocycles. The molecule has 0 radical (unpaired) electrons. The molecule has 1 fully saturated rings. The van der Waals surface area contributed by atoms with Crippen LogP contribution >= 0.6 is 0 Å². The summed E-state index contributed by atoms with van der Waals surface area (Å²) >= 11 is 0. The largest absolute Gasteiger partial charge is 0.493 e. The van der Waals surface area contributed by atoms with Crippen LogP contribution in [0.1, 0.15) is 24.0 Å². The van der Waals surface area contributed by atoms with Crippen LogP contribution in [0.25, 0.3) is 22.4 Å². The number of aromatic nitrogens is 2. The van der Waals surface area contributed by atoms with Gasteiger partial charge in [0.25, 0.3) is 0 Å². The molecule has 1 aliphatic heterocycles. The smallest absolute Gasteiger partial charge is 0.328 e. The number of likely N-dealkylation sites (tertiary alicyclic amines) is 1. The summed E-state index contributed by atoms with van der Waals surface area (Å²) in [6.07, 6.45) is 7.62. The Morgan fingerprint density at radius 3 is 1.83 bits per heavy atom. The first kappa shape index (κ1) is 41.3. The van der Waals surface area contributed by atoms with E-state index in [0.29, 0.717) is 46.6 Å². The number of carboxylic acid groups (broad SMARTS) is 1. The van der Waals surface area contributed by atoms with Gasteiger partial charge in [-0.05, 0) is 98.2 Å². The highest BCUT2D eigenvalue weighted by Crippen LogP contribution is 2.42. The summed E-state index contributed by atoms with van der Waals surface area (Å²) in [6, 6.07) is 14.7. The number of nitrogens with zero attached hydrogens (tertiary/aromatic N) is 4. The van der Waals surface area contributed by atoms with Crippen LogP contribution in [-0.2, 0) is 17.9 Å². The molecular weight excluding hydrogens is 696 g/mol. The molecule has 54 heavy (non-hydrogen) atoms. The Balaban J connectivity index is 0.000000730. The topological polar surface area (TPSA) is 165 Å². The number of aliphatic hydroxyl groups excluding tert-OH is 1. The Kier molecular flexibility index (Phi) is 15.4. The Bertz CT molecular complexity index is 1810. The highest BCUT2D eigenvalue weighted by molar-refractivity contribution is 5.79. The molecule has 2 aromatic carbocycles. The average molecular weight is 747 g/mol. The number of ether oxygens (including phenoxy) is 6. The second-order valence-electron chi connectivity index (χ2n) is 12.5. The van der Waals surface area contributed by atoms with Gasteiger partial charge in [-0.2, -0.15) is 0 Å². The molecule has 3 N–H and O–H groups in total. The fourth-order valence-corrected chi connectivity index (χ4v) is 6.30. The van der Waals surface area contributed by atoms with Crippen LogP contribution in [0.4, 0.5) is 0 Å². The molecule has 0 saturated carbocycles. The fraction of sp³-hybridized carbons (Fsp3) is 0.375. The summed E-state index contributed by atoms with van der Waals surface area (Å²) in [5.74, 6) is 2.41. The second kappa shape index (κ2) is 20.2. The monoisotopic (exact) mass is 746 g/mol. The lowest BCUT2D eigenvalue weighted by atomic mass is 10.0. The molecule has 4 aromatic rings. The van der Waals surface area contributed by atoms with Crippen molar-refractivity contribution < 1.29 is 48.5 Å². The number of aliphatic hydroxyl groups is 2. The van der Waals surface area contributed by atoms with Gasteiger partial charge in [-0.3, -0.25) is 19.8 Å². The van der Waals surface area contributed by atoms with E-state index in [1.54, 1.807) is 42.7 Å². The minimum atomic E-state index is -1.67. The van der Waals surface area contributed by atoms with E-state index in [4.69, 9.17) is 43.7 Å². The minimum absolute atomic E-state index is 0.494. The summed E-state index contributed by atoms with van der Waals surface area (Å²) in [5, 5.41) is 23.9. The van der Waals surface area contributed by atoms with E-state index < -0.39 is 12.3 Å². The zero-order chi connectivity index (χ0) is 39.2. The Hall–Kier alpha value is -5.41. The molecule has 5 rings (SSSR count). The van der Waals surface area contributed by atoms with Gasteiger partial charge in [-0.1, -0.05) is 0 Å². The van der Waals surface area contributed by atoms with E-state index in [1.165, 1.54) is 5.56 Å². The zero-order valence-corrected chi connectivity index (χ0v) is 31.8. The minimum Gasteiger partial charge on any atom is -0.493 e. The average Bonchev–Trinajstić information content (AvgIpc) is 3.19. The first-order chi connectivity index (χ1) is 26.0. The van der Waals surface area contributed by atoms with Crippen LogP contribution in [0.5, 0.6) is 34.5 Å². The third kappa shape index (κ3) is 11.1. The van der Waals surface area contributed by atoms with Crippen molar-refractivity contribution in [2.24, 2.45) is 0 Å². The lowest BCUT2D eigenvalue weighted by Crippen LogP contribution is -2.42. The lowest BCUT2D eigenvalue weighted by Gasteiger charge is -2.37. The second-order valence-corrected chi connectivity index (χ2v) is 12.5. The standard InChI is InChI=1S/C36H44N4O6.C4H6O4/c1-39(22-25-14-28(21-37-20-25)26-16-31(41-2)35(45-6)32(17-26)42-3)29-9-12-40(13-10-29)23-24-8-11-38-30(15-24)27-18-33(43-4)36(46-7)34(19-27)44-5;5-3(6)1-2-4(7)8/h8,11,14-21,29H,9-10,12-13,22-23H2,1-7H3;1-3,5-6H,(H,7,8)/b;2-1+. The van der Waals surface area contributed by atoms with Gasteiger partial charge in [0.15, 0.2) is 29.3 Å². The van der Waals surface area contributed by atoms with Gasteiger partial charge >= 0.3 is 5.97 Å². The SMILES string of the molecule is COc1cc(-c2cncc(CN(C)C3CCN(Cc4ccnc(-c5cc(OC)c(OC)c(OC)c5)c4)CC3)c2)cc(OC)c1OC.O=C(O)/C=C/C(O)O. The Morgan fingerprint density at radius 2 is 1.35 bits per heavy atom. The maximum atomic E-state index is 9.59. The van der Waals surface area contributed by atoms with E-state index in [0.717, 1.165) is 73.0 Å². The van der Waals surface area contributed by atoms with E-state index >= 15 is 0 Å². The van der Waals surface area contributed by atoms with Gasteiger partial charge in [-0.15, -0.1) is 0 Å². The molecule has 3 heterocycles. The van der Waals surface area contributed by atoms with Gasteiger partial charge in [0.05, 0.1) is 48.4 Å². The van der Waals surface area contributed by atoms with E-state index in [9.17, 15) is 4.79 Å². The Morgan fingerprint density at radius 1 is 0.796 bits per heavy atom.